The molecule has 20 heavy (non-hydrogen) atoms. The Morgan fingerprint density at radius 3 is 2.55 bits per heavy atom. The van der Waals surface area contributed by atoms with Crippen molar-refractivity contribution in [2.75, 3.05) is 0 Å². The summed E-state index contributed by atoms with van der Waals surface area (Å²) in [6.07, 6.45) is 3.05. The normalized spacial score (nSPS) is 57.2. The fourth-order valence-electron chi connectivity index (χ4n) is 4.59. The van der Waals surface area contributed by atoms with Crippen LogP contribution in [0.5, 0.6) is 0 Å². The molecule has 2 nitrogen and oxygen atoms in total. The minimum atomic E-state index is -0.728. The fourth-order valence-corrected chi connectivity index (χ4v) is 6.22. The van der Waals surface area contributed by atoms with Gasteiger partial charge in [0.25, 0.3) is 0 Å². The lowest BCUT2D eigenvalue weighted by atomic mass is 9.50. The van der Waals surface area contributed by atoms with Crippen molar-refractivity contribution in [1.29, 1.82) is 0 Å². The minimum absolute atomic E-state index is 0.0292. The average Bonchev–Trinajstić information content (AvgIpc) is 2.41. The van der Waals surface area contributed by atoms with Crippen LogP contribution in [0.3, 0.4) is 0 Å². The lowest BCUT2D eigenvalue weighted by Gasteiger charge is -2.56. The third-order valence-corrected chi connectivity index (χ3v) is 9.72. The lowest BCUT2D eigenvalue weighted by molar-refractivity contribution is -0.0681. The highest BCUT2D eigenvalue weighted by Crippen LogP contribution is 2.72. The number of hydrogen-bond acceptors (Lipinski definition) is 2. The van der Waals surface area contributed by atoms with E-state index in [1.165, 1.54) is 5.57 Å². The average molecular weight is 429 g/mol. The molecule has 114 valence electrons. The molecule has 5 heteroatoms. The van der Waals surface area contributed by atoms with Gasteiger partial charge >= 0.3 is 0 Å². The maximum atomic E-state index is 10.5. The number of aliphatic hydroxyl groups excluding tert-OH is 1. The summed E-state index contributed by atoms with van der Waals surface area (Å²) in [5.41, 5.74) is 0.935. The zero-order valence-corrected chi connectivity index (χ0v) is 16.1. The summed E-state index contributed by atoms with van der Waals surface area (Å²) >= 11 is 14.2. The molecule has 0 aromatic rings. The largest absolute Gasteiger partial charge is 0.385 e. The van der Waals surface area contributed by atoms with Crippen LogP contribution in [0.2, 0.25) is 0 Å². The van der Waals surface area contributed by atoms with E-state index in [1.54, 1.807) is 0 Å². The maximum absolute atomic E-state index is 10.5. The minimum Gasteiger partial charge on any atom is -0.385 e. The molecule has 1 spiro atoms. The summed E-state index contributed by atoms with van der Waals surface area (Å²) in [6.45, 7) is 8.57. The summed E-state index contributed by atoms with van der Waals surface area (Å²) in [5, 5.41) is 10.5. The van der Waals surface area contributed by atoms with Gasteiger partial charge < -0.3 is 9.84 Å². The Morgan fingerprint density at radius 2 is 1.95 bits per heavy atom. The molecule has 2 aliphatic carbocycles. The molecule has 1 saturated carbocycles. The number of alkyl halides is 3. The van der Waals surface area contributed by atoms with Crippen LogP contribution in [0.4, 0.5) is 0 Å². The van der Waals surface area contributed by atoms with Crippen LogP contribution in [0.15, 0.2) is 11.6 Å². The van der Waals surface area contributed by atoms with Crippen LogP contribution in [-0.2, 0) is 4.74 Å². The number of ether oxygens (including phenoxy) is 1. The summed E-state index contributed by atoms with van der Waals surface area (Å²) in [7, 11) is 0. The molecule has 3 aliphatic rings. The first-order chi connectivity index (χ1) is 8.99. The van der Waals surface area contributed by atoms with E-state index in [9.17, 15) is 5.11 Å². The van der Waals surface area contributed by atoms with Crippen molar-refractivity contribution in [3.63, 3.8) is 0 Å². The maximum Gasteiger partial charge on any atom is 0.158 e. The smallest absolute Gasteiger partial charge is 0.158 e. The van der Waals surface area contributed by atoms with Crippen LogP contribution >= 0.6 is 43.5 Å². The first kappa shape index (κ1) is 15.8. The van der Waals surface area contributed by atoms with E-state index in [4.69, 9.17) is 16.3 Å². The van der Waals surface area contributed by atoms with Gasteiger partial charge in [-0.15, -0.1) is 11.6 Å². The van der Waals surface area contributed by atoms with Gasteiger partial charge in [0.1, 0.15) is 6.10 Å². The Labute approximate surface area is 142 Å². The number of hydrogen-bond donors (Lipinski definition) is 1. The molecule has 3 rings (SSSR count). The van der Waals surface area contributed by atoms with Gasteiger partial charge in [0.2, 0.25) is 0 Å². The van der Waals surface area contributed by atoms with Gasteiger partial charge in [-0.1, -0.05) is 57.4 Å². The Bertz CT molecular complexity index is 490. The second-order valence-electron chi connectivity index (χ2n) is 7.30. The van der Waals surface area contributed by atoms with E-state index >= 15 is 0 Å². The molecule has 0 aromatic heterocycles. The molecule has 2 fully saturated rings. The van der Waals surface area contributed by atoms with Crippen molar-refractivity contribution in [2.45, 2.75) is 67.0 Å². The highest BCUT2D eigenvalue weighted by atomic mass is 79.9. The van der Waals surface area contributed by atoms with Crippen LogP contribution < -0.4 is 0 Å². The van der Waals surface area contributed by atoms with E-state index in [-0.39, 0.29) is 26.6 Å². The lowest BCUT2D eigenvalue weighted by Crippen LogP contribution is -2.59. The molecular weight excluding hydrogens is 407 g/mol. The Kier molecular flexibility index (Phi) is 3.36. The molecule has 0 amide bonds. The summed E-state index contributed by atoms with van der Waals surface area (Å²) in [5.74, 6) is 0. The number of rotatable bonds is 0. The second-order valence-corrected chi connectivity index (χ2v) is 10.4. The van der Waals surface area contributed by atoms with Crippen LogP contribution in [0.1, 0.15) is 40.5 Å². The van der Waals surface area contributed by atoms with Crippen molar-refractivity contribution in [3.8, 4) is 0 Å². The number of aliphatic hydroxyl groups is 1. The van der Waals surface area contributed by atoms with Gasteiger partial charge in [-0.3, -0.25) is 0 Å². The molecule has 0 radical (unpaired) electrons. The van der Waals surface area contributed by atoms with Crippen molar-refractivity contribution in [1.82, 2.24) is 0 Å². The monoisotopic (exact) mass is 426 g/mol. The van der Waals surface area contributed by atoms with E-state index in [0.29, 0.717) is 0 Å². The van der Waals surface area contributed by atoms with E-state index < -0.39 is 10.6 Å². The van der Waals surface area contributed by atoms with Crippen molar-refractivity contribution in [3.05, 3.63) is 11.6 Å². The molecular formula is C15H21Br2ClO2. The zero-order valence-electron chi connectivity index (χ0n) is 12.2. The van der Waals surface area contributed by atoms with Crippen molar-refractivity contribution < 1.29 is 9.84 Å². The quantitative estimate of drug-likeness (QED) is 0.459. The number of halogens is 3. The zero-order chi connectivity index (χ0) is 15.1. The predicted octanol–water partition coefficient (Wildman–Crippen LogP) is 4.36. The van der Waals surface area contributed by atoms with E-state index in [0.717, 1.165) is 12.8 Å². The second kappa shape index (κ2) is 4.25. The molecule has 1 saturated heterocycles. The van der Waals surface area contributed by atoms with Gasteiger partial charge in [0.05, 0.1) is 11.0 Å². The summed E-state index contributed by atoms with van der Waals surface area (Å²) < 4.78 is 5.63. The Hall–Kier alpha value is 0.910. The Balaban J connectivity index is 2.19. The molecule has 0 aromatic carbocycles. The van der Waals surface area contributed by atoms with Crippen molar-refractivity contribution >= 4 is 43.5 Å². The highest BCUT2D eigenvalue weighted by Gasteiger charge is 2.74. The number of fused-ring (bicyclic) bond motifs is 1. The van der Waals surface area contributed by atoms with Gasteiger partial charge in [-0.2, -0.15) is 0 Å². The van der Waals surface area contributed by atoms with Gasteiger partial charge in [-0.25, -0.2) is 0 Å². The van der Waals surface area contributed by atoms with Crippen LogP contribution in [-0.4, -0.2) is 31.5 Å². The SMILES string of the molecule is CC1=CC(O)C2(Br)OC3CC(C)(Cl)C(Br)CC13C2(C)C. The molecule has 1 N–H and O–H groups in total. The van der Waals surface area contributed by atoms with Gasteiger partial charge in [0.15, 0.2) is 4.51 Å². The third-order valence-electron chi connectivity index (χ3n) is 6.06. The summed E-state index contributed by atoms with van der Waals surface area (Å²) in [6, 6.07) is 0. The van der Waals surface area contributed by atoms with Gasteiger partial charge in [0, 0.05) is 15.7 Å². The first-order valence-electron chi connectivity index (χ1n) is 7.06. The molecule has 2 bridgehead atoms. The first-order valence-corrected chi connectivity index (χ1v) is 9.14. The van der Waals surface area contributed by atoms with Crippen LogP contribution in [0, 0.1) is 10.8 Å². The topological polar surface area (TPSA) is 29.5 Å². The molecule has 6 unspecified atom stereocenters. The molecule has 1 heterocycles. The Morgan fingerprint density at radius 1 is 1.35 bits per heavy atom. The van der Waals surface area contributed by atoms with Gasteiger partial charge in [-0.05, 0) is 26.7 Å². The van der Waals surface area contributed by atoms with Crippen molar-refractivity contribution in [2.24, 2.45) is 10.8 Å². The fraction of sp³-hybridized carbons (Fsp3) is 0.867. The van der Waals surface area contributed by atoms with E-state index in [1.807, 2.05) is 6.08 Å². The standard InChI is InChI=1S/C15H21Br2ClO2/c1-8-5-10(19)15(17)12(2,3)14(8)6-9(16)13(4,18)7-11(14)20-15/h5,9-11,19H,6-7H2,1-4H3. The summed E-state index contributed by atoms with van der Waals surface area (Å²) in [4.78, 5) is -0.0952. The predicted molar refractivity (Wildman–Crippen MR) is 88.7 cm³/mol. The molecule has 6 atom stereocenters. The van der Waals surface area contributed by atoms with Crippen LogP contribution in [0.25, 0.3) is 0 Å². The van der Waals surface area contributed by atoms with E-state index in [2.05, 4.69) is 59.6 Å². The molecule has 1 aliphatic heterocycles. The third kappa shape index (κ3) is 1.58. The highest BCUT2D eigenvalue weighted by molar-refractivity contribution is 9.10.